The smallest absolute Gasteiger partial charge is 0.358 e. The molecule has 0 atom stereocenters. The van der Waals surface area contributed by atoms with Gasteiger partial charge in [0.05, 0.1) is 12.2 Å². The van der Waals surface area contributed by atoms with Gasteiger partial charge in [-0.15, -0.1) is 5.10 Å². The van der Waals surface area contributed by atoms with Gasteiger partial charge in [-0.3, -0.25) is 4.79 Å². The van der Waals surface area contributed by atoms with E-state index in [0.29, 0.717) is 12.2 Å². The van der Waals surface area contributed by atoms with Gasteiger partial charge in [-0.05, 0) is 6.92 Å². The molecule has 16 heavy (non-hydrogen) atoms. The topological polar surface area (TPSA) is 88.3 Å². The zero-order valence-corrected chi connectivity index (χ0v) is 9.47. The molecule has 0 bridgehead atoms. The van der Waals surface area contributed by atoms with E-state index in [1.165, 1.54) is 9.58 Å². The van der Waals surface area contributed by atoms with Crippen LogP contribution in [0.15, 0.2) is 0 Å². The minimum Gasteiger partial charge on any atom is -0.476 e. The molecule has 0 fully saturated rings. The van der Waals surface area contributed by atoms with Gasteiger partial charge in [0.15, 0.2) is 5.69 Å². The highest BCUT2D eigenvalue weighted by molar-refractivity contribution is 5.86. The summed E-state index contributed by atoms with van der Waals surface area (Å²) in [6.07, 6.45) is 0.274. The molecule has 0 aliphatic heterocycles. The second kappa shape index (κ2) is 4.73. The first-order chi connectivity index (χ1) is 7.43. The van der Waals surface area contributed by atoms with E-state index in [9.17, 15) is 9.59 Å². The van der Waals surface area contributed by atoms with E-state index in [2.05, 4.69) is 10.3 Å². The van der Waals surface area contributed by atoms with Gasteiger partial charge in [0.1, 0.15) is 0 Å². The molecular formula is C9H14N4O3. The van der Waals surface area contributed by atoms with Crippen LogP contribution in [0.3, 0.4) is 0 Å². The lowest BCUT2D eigenvalue weighted by atomic mass is 10.3. The standard InChI is InChI=1S/C9H14N4O3/c1-6-8(9(15)16)10-11-13(6)5-4-7(14)12(2)3/h4-5H2,1-3H3,(H,15,16). The second-order valence-electron chi connectivity index (χ2n) is 3.59. The van der Waals surface area contributed by atoms with Crippen LogP contribution < -0.4 is 0 Å². The monoisotopic (exact) mass is 226 g/mol. The first-order valence-corrected chi connectivity index (χ1v) is 4.77. The lowest BCUT2D eigenvalue weighted by Gasteiger charge is -2.09. The van der Waals surface area contributed by atoms with Crippen LogP contribution in [0.1, 0.15) is 22.6 Å². The number of hydrogen-bond donors (Lipinski definition) is 1. The van der Waals surface area contributed by atoms with Gasteiger partial charge >= 0.3 is 5.97 Å². The van der Waals surface area contributed by atoms with Gasteiger partial charge in [-0.2, -0.15) is 0 Å². The molecular weight excluding hydrogens is 212 g/mol. The third-order valence-electron chi connectivity index (χ3n) is 2.22. The molecule has 0 aromatic carbocycles. The summed E-state index contributed by atoms with van der Waals surface area (Å²) in [5, 5.41) is 16.0. The summed E-state index contributed by atoms with van der Waals surface area (Å²) in [7, 11) is 3.33. The predicted molar refractivity (Wildman–Crippen MR) is 55.0 cm³/mol. The van der Waals surface area contributed by atoms with Crippen LogP contribution in [0.25, 0.3) is 0 Å². The van der Waals surface area contributed by atoms with Gasteiger partial charge in [0.2, 0.25) is 5.91 Å². The van der Waals surface area contributed by atoms with Crippen molar-refractivity contribution in [1.82, 2.24) is 19.9 Å². The van der Waals surface area contributed by atoms with Crippen LogP contribution in [0.2, 0.25) is 0 Å². The molecule has 1 N–H and O–H groups in total. The number of carbonyl (C=O) groups excluding carboxylic acids is 1. The minimum absolute atomic E-state index is 0.0354. The number of amides is 1. The summed E-state index contributed by atoms with van der Waals surface area (Å²) in [6.45, 7) is 1.95. The summed E-state index contributed by atoms with van der Waals surface area (Å²) in [4.78, 5) is 23.5. The van der Waals surface area contributed by atoms with E-state index in [4.69, 9.17) is 5.11 Å². The molecule has 88 valence electrons. The molecule has 0 saturated carbocycles. The Bertz CT molecular complexity index is 411. The quantitative estimate of drug-likeness (QED) is 0.765. The molecule has 1 heterocycles. The third-order valence-corrected chi connectivity index (χ3v) is 2.22. The number of hydrogen-bond acceptors (Lipinski definition) is 4. The third kappa shape index (κ3) is 2.56. The predicted octanol–water partition coefficient (Wildman–Crippen LogP) is -0.237. The molecule has 1 aromatic rings. The number of carbonyl (C=O) groups is 2. The van der Waals surface area contributed by atoms with Gasteiger partial charge in [0, 0.05) is 20.5 Å². The van der Waals surface area contributed by atoms with Crippen molar-refractivity contribution < 1.29 is 14.7 Å². The molecule has 0 radical (unpaired) electrons. The van der Waals surface area contributed by atoms with Crippen molar-refractivity contribution in [2.24, 2.45) is 0 Å². The van der Waals surface area contributed by atoms with Crippen molar-refractivity contribution >= 4 is 11.9 Å². The maximum atomic E-state index is 11.3. The van der Waals surface area contributed by atoms with E-state index in [-0.39, 0.29) is 18.0 Å². The average molecular weight is 226 g/mol. The zero-order chi connectivity index (χ0) is 12.3. The average Bonchev–Trinajstić information content (AvgIpc) is 2.56. The van der Waals surface area contributed by atoms with Crippen molar-refractivity contribution in [3.63, 3.8) is 0 Å². The Hall–Kier alpha value is -1.92. The van der Waals surface area contributed by atoms with Crippen LogP contribution in [0, 0.1) is 6.92 Å². The molecule has 7 nitrogen and oxygen atoms in total. The van der Waals surface area contributed by atoms with Crippen molar-refractivity contribution in [3.05, 3.63) is 11.4 Å². The molecule has 1 amide bonds. The summed E-state index contributed by atoms with van der Waals surface area (Å²) in [5.41, 5.74) is 0.386. The molecule has 0 aliphatic rings. The maximum absolute atomic E-state index is 11.3. The van der Waals surface area contributed by atoms with Crippen LogP contribution in [0.5, 0.6) is 0 Å². The summed E-state index contributed by atoms with van der Waals surface area (Å²) in [5.74, 6) is -1.14. The molecule has 0 unspecified atom stereocenters. The van der Waals surface area contributed by atoms with Gasteiger partial charge in [-0.25, -0.2) is 9.48 Å². The first kappa shape index (κ1) is 12.2. The number of rotatable bonds is 4. The molecule has 0 saturated heterocycles. The van der Waals surface area contributed by atoms with Crippen LogP contribution in [-0.2, 0) is 11.3 Å². The number of aromatic nitrogens is 3. The van der Waals surface area contributed by atoms with E-state index in [1.54, 1.807) is 21.0 Å². The van der Waals surface area contributed by atoms with E-state index in [1.807, 2.05) is 0 Å². The van der Waals surface area contributed by atoms with E-state index < -0.39 is 5.97 Å². The Labute approximate surface area is 92.7 Å². The van der Waals surface area contributed by atoms with Gasteiger partial charge in [-0.1, -0.05) is 5.21 Å². The van der Waals surface area contributed by atoms with Gasteiger partial charge in [0.25, 0.3) is 0 Å². The fraction of sp³-hybridized carbons (Fsp3) is 0.556. The maximum Gasteiger partial charge on any atom is 0.358 e. The largest absolute Gasteiger partial charge is 0.476 e. The Balaban J connectivity index is 2.69. The molecule has 1 rings (SSSR count). The Morgan fingerprint density at radius 3 is 2.50 bits per heavy atom. The molecule has 0 spiro atoms. The lowest BCUT2D eigenvalue weighted by molar-refractivity contribution is -0.128. The number of carboxylic acid groups (broad SMARTS) is 1. The van der Waals surface area contributed by atoms with Crippen molar-refractivity contribution in [2.45, 2.75) is 19.9 Å². The van der Waals surface area contributed by atoms with Crippen molar-refractivity contribution in [2.75, 3.05) is 14.1 Å². The second-order valence-corrected chi connectivity index (χ2v) is 3.59. The fourth-order valence-corrected chi connectivity index (χ4v) is 1.20. The minimum atomic E-state index is -1.11. The fourth-order valence-electron chi connectivity index (χ4n) is 1.20. The Morgan fingerprint density at radius 2 is 2.06 bits per heavy atom. The summed E-state index contributed by atoms with van der Waals surface area (Å²) < 4.78 is 1.42. The lowest BCUT2D eigenvalue weighted by Crippen LogP contribution is -2.23. The van der Waals surface area contributed by atoms with Crippen LogP contribution >= 0.6 is 0 Å². The van der Waals surface area contributed by atoms with Gasteiger partial charge < -0.3 is 10.0 Å². The Kier molecular flexibility index (Phi) is 3.60. The molecule has 7 heteroatoms. The van der Waals surface area contributed by atoms with Crippen LogP contribution in [-0.4, -0.2) is 51.0 Å². The number of aromatic carboxylic acids is 1. The number of aryl methyl sites for hydroxylation is 1. The van der Waals surface area contributed by atoms with E-state index in [0.717, 1.165) is 0 Å². The van der Waals surface area contributed by atoms with Crippen molar-refractivity contribution in [1.29, 1.82) is 0 Å². The van der Waals surface area contributed by atoms with Crippen LogP contribution in [0.4, 0.5) is 0 Å². The number of nitrogens with zero attached hydrogens (tertiary/aromatic N) is 4. The SMILES string of the molecule is Cc1c(C(=O)O)nnn1CCC(=O)N(C)C. The normalized spacial score (nSPS) is 10.2. The highest BCUT2D eigenvalue weighted by Gasteiger charge is 2.15. The Morgan fingerprint density at radius 1 is 1.44 bits per heavy atom. The highest BCUT2D eigenvalue weighted by atomic mass is 16.4. The molecule has 1 aromatic heterocycles. The summed E-state index contributed by atoms with van der Waals surface area (Å²) in [6, 6.07) is 0. The zero-order valence-electron chi connectivity index (χ0n) is 9.47. The summed E-state index contributed by atoms with van der Waals surface area (Å²) >= 11 is 0. The van der Waals surface area contributed by atoms with E-state index >= 15 is 0 Å². The first-order valence-electron chi connectivity index (χ1n) is 4.77. The van der Waals surface area contributed by atoms with Crippen molar-refractivity contribution in [3.8, 4) is 0 Å². The number of carboxylic acids is 1. The molecule has 0 aliphatic carbocycles. The highest BCUT2D eigenvalue weighted by Crippen LogP contribution is 2.04.